The van der Waals surface area contributed by atoms with Crippen molar-refractivity contribution < 1.29 is 9.47 Å². The van der Waals surface area contributed by atoms with Gasteiger partial charge in [-0.25, -0.2) is 0 Å². The SMILES string of the molecule is COc1ccc(Cc2c(Oc3ccc(Cl)cc3)nc3n(c2=O)CCCS3)cc1. The predicted octanol–water partition coefficient (Wildman–Crippen LogP) is 4.78. The van der Waals surface area contributed by atoms with Crippen LogP contribution in [0.3, 0.4) is 0 Å². The number of rotatable bonds is 5. The van der Waals surface area contributed by atoms with Crippen LogP contribution in [0.5, 0.6) is 17.4 Å². The van der Waals surface area contributed by atoms with Gasteiger partial charge in [-0.05, 0) is 48.4 Å². The Balaban J connectivity index is 1.74. The van der Waals surface area contributed by atoms with Crippen molar-refractivity contribution in [2.24, 2.45) is 0 Å². The van der Waals surface area contributed by atoms with E-state index >= 15 is 0 Å². The monoisotopic (exact) mass is 414 g/mol. The minimum atomic E-state index is -0.0445. The lowest BCUT2D eigenvalue weighted by atomic mass is 10.1. The highest BCUT2D eigenvalue weighted by atomic mass is 35.5. The molecule has 0 fully saturated rings. The first-order valence-electron chi connectivity index (χ1n) is 8.97. The van der Waals surface area contributed by atoms with Gasteiger partial charge in [-0.3, -0.25) is 9.36 Å². The number of hydrogen-bond acceptors (Lipinski definition) is 5. The van der Waals surface area contributed by atoms with Gasteiger partial charge in [0.05, 0.1) is 12.7 Å². The van der Waals surface area contributed by atoms with E-state index in [0.717, 1.165) is 23.5 Å². The second kappa shape index (κ2) is 8.29. The fourth-order valence-corrected chi connectivity index (χ4v) is 4.11. The quantitative estimate of drug-likeness (QED) is 0.562. The van der Waals surface area contributed by atoms with Gasteiger partial charge >= 0.3 is 0 Å². The predicted molar refractivity (Wildman–Crippen MR) is 111 cm³/mol. The van der Waals surface area contributed by atoms with Crippen molar-refractivity contribution in [1.29, 1.82) is 0 Å². The molecule has 0 spiro atoms. The van der Waals surface area contributed by atoms with Crippen molar-refractivity contribution >= 4 is 23.4 Å². The highest BCUT2D eigenvalue weighted by molar-refractivity contribution is 7.99. The summed E-state index contributed by atoms with van der Waals surface area (Å²) >= 11 is 7.54. The van der Waals surface area contributed by atoms with Gasteiger partial charge in [0.1, 0.15) is 11.5 Å². The second-order valence-corrected chi connectivity index (χ2v) is 7.92. The third-order valence-corrected chi connectivity index (χ3v) is 5.83. The summed E-state index contributed by atoms with van der Waals surface area (Å²) in [4.78, 5) is 17.9. The highest BCUT2D eigenvalue weighted by Crippen LogP contribution is 2.29. The van der Waals surface area contributed by atoms with Crippen molar-refractivity contribution in [2.45, 2.75) is 24.5 Å². The molecule has 0 aliphatic carbocycles. The average molecular weight is 415 g/mol. The summed E-state index contributed by atoms with van der Waals surface area (Å²) in [6.07, 6.45) is 1.39. The van der Waals surface area contributed by atoms with Crippen LogP contribution in [0.25, 0.3) is 0 Å². The lowest BCUT2D eigenvalue weighted by molar-refractivity contribution is 0.414. The summed E-state index contributed by atoms with van der Waals surface area (Å²) in [5, 5.41) is 1.33. The smallest absolute Gasteiger partial charge is 0.261 e. The summed E-state index contributed by atoms with van der Waals surface area (Å²) in [5.74, 6) is 2.67. The molecule has 5 nitrogen and oxygen atoms in total. The molecule has 4 rings (SSSR count). The van der Waals surface area contributed by atoms with Gasteiger partial charge in [-0.1, -0.05) is 35.5 Å². The molecule has 0 radical (unpaired) electrons. The molecule has 0 amide bonds. The number of aromatic nitrogens is 2. The topological polar surface area (TPSA) is 53.4 Å². The van der Waals surface area contributed by atoms with Crippen LogP contribution in [0.15, 0.2) is 58.5 Å². The van der Waals surface area contributed by atoms with Crippen LogP contribution >= 0.6 is 23.4 Å². The molecule has 7 heteroatoms. The van der Waals surface area contributed by atoms with Crippen molar-refractivity contribution in [2.75, 3.05) is 12.9 Å². The minimum Gasteiger partial charge on any atom is -0.497 e. The van der Waals surface area contributed by atoms with Gasteiger partial charge in [0, 0.05) is 23.7 Å². The molecule has 2 aromatic carbocycles. The summed E-state index contributed by atoms with van der Waals surface area (Å²) < 4.78 is 13.0. The number of fused-ring (bicyclic) bond motifs is 1. The van der Waals surface area contributed by atoms with E-state index in [0.29, 0.717) is 40.3 Å². The number of nitrogens with zero attached hydrogens (tertiary/aromatic N) is 2. The zero-order chi connectivity index (χ0) is 19.5. The standard InChI is InChI=1S/C21H19ClN2O3S/c1-26-16-7-3-14(4-8-16)13-18-19(27-17-9-5-15(22)6-10-17)23-21-24(20(18)25)11-2-12-28-21/h3-10H,2,11-13H2,1H3. The van der Waals surface area contributed by atoms with Crippen molar-refractivity contribution in [3.05, 3.63) is 75.0 Å². The van der Waals surface area contributed by atoms with Gasteiger partial charge in [-0.2, -0.15) is 4.98 Å². The average Bonchev–Trinajstić information content (AvgIpc) is 2.73. The molecule has 28 heavy (non-hydrogen) atoms. The number of hydrogen-bond donors (Lipinski definition) is 0. The van der Waals surface area contributed by atoms with E-state index in [4.69, 9.17) is 21.1 Å². The summed E-state index contributed by atoms with van der Waals surface area (Å²) in [7, 11) is 1.63. The van der Waals surface area contributed by atoms with Crippen LogP contribution in [0.4, 0.5) is 0 Å². The first-order valence-corrected chi connectivity index (χ1v) is 10.3. The van der Waals surface area contributed by atoms with Crippen LogP contribution < -0.4 is 15.0 Å². The van der Waals surface area contributed by atoms with Crippen LogP contribution in [-0.4, -0.2) is 22.4 Å². The van der Waals surface area contributed by atoms with E-state index in [-0.39, 0.29) is 5.56 Å². The third kappa shape index (κ3) is 4.03. The molecule has 0 atom stereocenters. The fraction of sp³-hybridized carbons (Fsp3) is 0.238. The number of methoxy groups -OCH3 is 1. The third-order valence-electron chi connectivity index (χ3n) is 4.51. The number of benzene rings is 2. The van der Waals surface area contributed by atoms with Gasteiger partial charge in [0.15, 0.2) is 5.16 Å². The zero-order valence-corrected chi connectivity index (χ0v) is 16.9. The Morgan fingerprint density at radius 3 is 2.54 bits per heavy atom. The van der Waals surface area contributed by atoms with Gasteiger partial charge in [0.25, 0.3) is 5.56 Å². The van der Waals surface area contributed by atoms with Crippen molar-refractivity contribution in [3.8, 4) is 17.4 Å². The number of thioether (sulfide) groups is 1. The highest BCUT2D eigenvalue weighted by Gasteiger charge is 2.21. The molecule has 0 saturated carbocycles. The molecule has 1 aliphatic heterocycles. The second-order valence-electron chi connectivity index (χ2n) is 6.42. The summed E-state index contributed by atoms with van der Waals surface area (Å²) in [6.45, 7) is 0.686. The van der Waals surface area contributed by atoms with E-state index in [9.17, 15) is 4.79 Å². The van der Waals surface area contributed by atoms with E-state index in [2.05, 4.69) is 4.98 Å². The molecule has 0 unspecified atom stereocenters. The minimum absolute atomic E-state index is 0.0445. The summed E-state index contributed by atoms with van der Waals surface area (Å²) in [5.41, 5.74) is 1.49. The van der Waals surface area contributed by atoms with Gasteiger partial charge in [0.2, 0.25) is 5.88 Å². The van der Waals surface area contributed by atoms with Crippen LogP contribution in [0.1, 0.15) is 17.5 Å². The lowest BCUT2D eigenvalue weighted by Crippen LogP contribution is -2.29. The van der Waals surface area contributed by atoms with Gasteiger partial charge < -0.3 is 9.47 Å². The molecule has 1 aliphatic rings. The maximum atomic E-state index is 13.2. The Morgan fingerprint density at radius 2 is 1.82 bits per heavy atom. The van der Waals surface area contributed by atoms with Crippen LogP contribution in [0.2, 0.25) is 5.02 Å². The maximum absolute atomic E-state index is 13.2. The van der Waals surface area contributed by atoms with E-state index in [1.807, 2.05) is 24.3 Å². The molecular weight excluding hydrogens is 396 g/mol. The largest absolute Gasteiger partial charge is 0.497 e. The number of ether oxygens (including phenoxy) is 2. The Kier molecular flexibility index (Phi) is 5.59. The van der Waals surface area contributed by atoms with E-state index in [1.54, 1.807) is 47.7 Å². The van der Waals surface area contributed by atoms with Crippen LogP contribution in [-0.2, 0) is 13.0 Å². The van der Waals surface area contributed by atoms with E-state index < -0.39 is 0 Å². The molecule has 2 heterocycles. The molecule has 1 aromatic heterocycles. The molecule has 0 N–H and O–H groups in total. The molecular formula is C21H19ClN2O3S. The normalized spacial score (nSPS) is 13.1. The Morgan fingerprint density at radius 1 is 1.11 bits per heavy atom. The molecule has 0 bridgehead atoms. The Labute approximate surface area is 172 Å². The van der Waals surface area contributed by atoms with Crippen LogP contribution in [0, 0.1) is 0 Å². The molecule has 0 saturated heterocycles. The Bertz CT molecular complexity index is 1030. The molecule has 3 aromatic rings. The Hall–Kier alpha value is -2.44. The number of halogens is 1. The van der Waals surface area contributed by atoms with Crippen molar-refractivity contribution in [3.63, 3.8) is 0 Å². The molecule has 144 valence electrons. The lowest BCUT2D eigenvalue weighted by Gasteiger charge is -2.20. The fourth-order valence-electron chi connectivity index (χ4n) is 3.05. The van der Waals surface area contributed by atoms with Gasteiger partial charge in [-0.15, -0.1) is 0 Å². The van der Waals surface area contributed by atoms with E-state index in [1.165, 1.54) is 0 Å². The zero-order valence-electron chi connectivity index (χ0n) is 15.4. The first-order chi connectivity index (χ1) is 13.6. The first kappa shape index (κ1) is 18.9. The van der Waals surface area contributed by atoms with Crippen molar-refractivity contribution in [1.82, 2.24) is 9.55 Å². The summed E-state index contributed by atoms with van der Waals surface area (Å²) in [6, 6.07) is 14.7. The maximum Gasteiger partial charge on any atom is 0.261 e.